The number of benzene rings is 1. The van der Waals surface area contributed by atoms with Gasteiger partial charge in [0.1, 0.15) is 12.2 Å². The third kappa shape index (κ3) is 9.95. The van der Waals surface area contributed by atoms with Crippen molar-refractivity contribution < 1.29 is 34.7 Å². The van der Waals surface area contributed by atoms with Gasteiger partial charge in [-0.05, 0) is 112 Å². The highest BCUT2D eigenvalue weighted by Crippen LogP contribution is 2.53. The molecule has 1 aromatic rings. The number of esters is 1. The molecule has 4 heterocycles. The molecule has 8 bridgehead atoms. The van der Waals surface area contributed by atoms with Crippen molar-refractivity contribution in [1.29, 1.82) is 0 Å². The lowest BCUT2D eigenvalue weighted by molar-refractivity contribution is -0.152. The zero-order valence-electron chi connectivity index (χ0n) is 37.4. The molecule has 4 spiro atoms. The lowest BCUT2D eigenvalue weighted by Gasteiger charge is -2.47. The van der Waals surface area contributed by atoms with E-state index < -0.39 is 47.6 Å². The van der Waals surface area contributed by atoms with Gasteiger partial charge in [-0.3, -0.25) is 4.79 Å². The maximum absolute atomic E-state index is 13.0. The largest absolute Gasteiger partial charge is 0.504 e. The van der Waals surface area contributed by atoms with Crippen LogP contribution in [0.5, 0.6) is 11.5 Å². The summed E-state index contributed by atoms with van der Waals surface area (Å²) in [7, 11) is 3.72. The van der Waals surface area contributed by atoms with Gasteiger partial charge in [0.15, 0.2) is 17.5 Å². The molecule has 9 rings (SSSR count). The fourth-order valence-corrected chi connectivity index (χ4v) is 15.8. The third-order valence-electron chi connectivity index (χ3n) is 16.1. The summed E-state index contributed by atoms with van der Waals surface area (Å²) >= 11 is 0. The van der Waals surface area contributed by atoms with Crippen molar-refractivity contribution in [2.45, 2.75) is 169 Å². The number of aliphatic hydroxyl groups excluding tert-OH is 3. The van der Waals surface area contributed by atoms with Gasteiger partial charge in [0.2, 0.25) is 0 Å². The van der Waals surface area contributed by atoms with Gasteiger partial charge in [0, 0.05) is 61.9 Å². The highest BCUT2D eigenvalue weighted by molar-refractivity contribution is 8.77. The van der Waals surface area contributed by atoms with Crippen LogP contribution in [0.4, 0.5) is 0 Å². The number of guanidine groups is 1. The standard InChI is InChI=1S/C50H69N5O7S2/c1-32(57)61-42-24-37(58)11-18-50-17-10-34-20-33-8-9-39(27-52-30-49(25-33)26-38(12-19-53-49)62-43-23-35(21-40(34)42)36(28-56)22-41(43)59)64-63-31-48(16-5-15-47(29-48)13-2-3-14-47)55-46(51)54-44(50)6-4-7-45(50)60/h4,6,22-23,33-34,37-40,42,44-45,52-53,56,58-60H,2-3,5,7,11-16,18-21,24-31H2,1H3,(H3,51,54,55)/t33-,34-,37-,38+,39+,40-,42-,44+,45+,48-,49-,50+/m0/s1. The summed E-state index contributed by atoms with van der Waals surface area (Å²) in [6.45, 7) is 3.22. The summed E-state index contributed by atoms with van der Waals surface area (Å²) in [4.78, 5) is 18.3. The minimum absolute atomic E-state index is 0.00473. The summed E-state index contributed by atoms with van der Waals surface area (Å²) in [5.41, 5.74) is 6.97. The van der Waals surface area contributed by atoms with E-state index in [1.165, 1.54) is 39.0 Å². The monoisotopic (exact) mass is 915 g/mol. The molecule has 12 atom stereocenters. The zero-order valence-corrected chi connectivity index (χ0v) is 39.0. The Bertz CT molecular complexity index is 2080. The Morgan fingerprint density at radius 3 is 2.72 bits per heavy atom. The van der Waals surface area contributed by atoms with E-state index in [4.69, 9.17) is 20.2 Å². The van der Waals surface area contributed by atoms with Crippen molar-refractivity contribution >= 4 is 33.5 Å². The summed E-state index contributed by atoms with van der Waals surface area (Å²) in [5, 5.41) is 58.0. The number of nitrogens with two attached hydrogens (primary N) is 1. The van der Waals surface area contributed by atoms with E-state index in [1.807, 2.05) is 39.8 Å². The van der Waals surface area contributed by atoms with Crippen molar-refractivity contribution in [3.05, 3.63) is 35.4 Å². The average molecular weight is 916 g/mol. The summed E-state index contributed by atoms with van der Waals surface area (Å²) in [6.07, 6.45) is 15.0. The Balaban J connectivity index is 1.23. The number of phenols is 1. The molecule has 348 valence electrons. The molecule has 14 heteroatoms. The van der Waals surface area contributed by atoms with Crippen LogP contribution in [0.1, 0.15) is 121 Å². The fourth-order valence-electron chi connectivity index (χ4n) is 13.0. The molecule has 0 unspecified atom stereocenters. The zero-order chi connectivity index (χ0) is 44.5. The van der Waals surface area contributed by atoms with Gasteiger partial charge in [-0.25, -0.2) is 4.99 Å². The number of nitrogens with zero attached hydrogens (tertiary/aromatic N) is 1. The maximum atomic E-state index is 13.0. The summed E-state index contributed by atoms with van der Waals surface area (Å²) < 4.78 is 13.0. The SMILES string of the molecule is CC(=O)O[C@H]1C[C@@H](O)CC[C@]23C#C[C@H]4C[C@@H]5C#C[C@H](CNC[C@]6(C5)C[C@@H](CCN6)Oc5cc(c(CO)cc5O)C[C@H]14)SSC[C@@]1(CCCC4(CCCC4)C1)NC(N)=N[C@@H]2C=CC[C@H]3O. The van der Waals surface area contributed by atoms with Crippen LogP contribution in [-0.4, -0.2) is 105 Å². The van der Waals surface area contributed by atoms with Crippen molar-refractivity contribution in [3.8, 4) is 35.2 Å². The van der Waals surface area contributed by atoms with Crippen LogP contribution in [0.3, 0.4) is 0 Å². The van der Waals surface area contributed by atoms with Crippen molar-refractivity contribution in [3.63, 3.8) is 0 Å². The second-order valence-corrected chi connectivity index (χ2v) is 23.3. The number of aromatic hydroxyl groups is 1. The van der Waals surface area contributed by atoms with Gasteiger partial charge in [-0.15, -0.1) is 0 Å². The van der Waals surface area contributed by atoms with Crippen LogP contribution in [0, 0.1) is 52.3 Å². The van der Waals surface area contributed by atoms with Gasteiger partial charge < -0.3 is 51.6 Å². The number of rotatable bonds is 2. The highest BCUT2D eigenvalue weighted by Gasteiger charge is 2.50. The Kier molecular flexibility index (Phi) is 13.9. The molecule has 4 aliphatic heterocycles. The Hall–Kier alpha value is -3.08. The number of ether oxygens (including phenoxy) is 2. The molecular weight excluding hydrogens is 847 g/mol. The van der Waals surface area contributed by atoms with Crippen LogP contribution in [-0.2, 0) is 22.6 Å². The van der Waals surface area contributed by atoms with Gasteiger partial charge in [-0.2, -0.15) is 0 Å². The van der Waals surface area contributed by atoms with E-state index in [0.717, 1.165) is 43.5 Å². The topological polar surface area (TPSA) is 191 Å². The third-order valence-corrected chi connectivity index (χ3v) is 18.9. The van der Waals surface area contributed by atoms with Crippen molar-refractivity contribution in [2.75, 3.05) is 25.4 Å². The van der Waals surface area contributed by atoms with E-state index in [1.54, 1.807) is 6.07 Å². The predicted octanol–water partition coefficient (Wildman–Crippen LogP) is 5.24. The van der Waals surface area contributed by atoms with Crippen LogP contribution >= 0.6 is 21.6 Å². The summed E-state index contributed by atoms with van der Waals surface area (Å²) in [6, 6.07) is 2.83. The molecule has 64 heavy (non-hydrogen) atoms. The molecule has 4 aliphatic carbocycles. The second kappa shape index (κ2) is 19.3. The van der Waals surface area contributed by atoms with E-state index in [-0.39, 0.29) is 47.1 Å². The maximum Gasteiger partial charge on any atom is 0.302 e. The Labute approximate surface area is 387 Å². The smallest absolute Gasteiger partial charge is 0.302 e. The molecule has 3 fully saturated rings. The lowest BCUT2D eigenvalue weighted by atomic mass is 9.65. The van der Waals surface area contributed by atoms with Gasteiger partial charge in [0.05, 0.1) is 41.1 Å². The number of piperidine rings is 1. The lowest BCUT2D eigenvalue weighted by Crippen LogP contribution is -2.59. The number of aliphatic hydroxyl groups is 3. The van der Waals surface area contributed by atoms with Crippen LogP contribution in [0.15, 0.2) is 29.3 Å². The first-order valence-electron chi connectivity index (χ1n) is 24.1. The first-order valence-corrected chi connectivity index (χ1v) is 26.5. The average Bonchev–Trinajstić information content (AvgIpc) is 3.72. The van der Waals surface area contributed by atoms with Crippen LogP contribution in [0.2, 0.25) is 0 Å². The van der Waals surface area contributed by atoms with Gasteiger partial charge in [-0.1, -0.05) is 76.7 Å². The highest BCUT2D eigenvalue weighted by atomic mass is 33.1. The molecule has 0 aromatic heterocycles. The first kappa shape index (κ1) is 46.0. The predicted molar refractivity (Wildman–Crippen MR) is 252 cm³/mol. The molecule has 9 N–H and O–H groups in total. The number of carbonyl (C=O) groups excluding carboxylic acids is 1. The van der Waals surface area contributed by atoms with Crippen LogP contribution < -0.4 is 26.4 Å². The quantitative estimate of drug-likeness (QED) is 0.0833. The molecule has 12 nitrogen and oxygen atoms in total. The minimum Gasteiger partial charge on any atom is -0.504 e. The molecule has 1 aromatic carbocycles. The van der Waals surface area contributed by atoms with E-state index in [0.29, 0.717) is 80.7 Å². The molecule has 0 radical (unpaired) electrons. The minimum atomic E-state index is -1.07. The van der Waals surface area contributed by atoms with Crippen LogP contribution in [0.25, 0.3) is 0 Å². The Morgan fingerprint density at radius 1 is 1.05 bits per heavy atom. The molecule has 1 saturated heterocycles. The summed E-state index contributed by atoms with van der Waals surface area (Å²) in [5.74, 6) is 15.1. The number of nitrogens with one attached hydrogen (secondary N) is 3. The fraction of sp³-hybridized carbons (Fsp3) is 0.720. The van der Waals surface area contributed by atoms with E-state index >= 15 is 0 Å². The molecule has 0 amide bonds. The molecule has 2 saturated carbocycles. The number of phenolic OH excluding ortho intramolecular Hbond substituents is 1. The number of carbonyl (C=O) groups is 1. The van der Waals surface area contributed by atoms with E-state index in [9.17, 15) is 25.2 Å². The second-order valence-electron chi connectivity index (χ2n) is 20.7. The van der Waals surface area contributed by atoms with Gasteiger partial charge >= 0.3 is 5.97 Å². The Morgan fingerprint density at radius 2 is 1.89 bits per heavy atom. The van der Waals surface area contributed by atoms with Gasteiger partial charge in [0.25, 0.3) is 0 Å². The van der Waals surface area contributed by atoms with Crippen molar-refractivity contribution in [2.24, 2.45) is 39.3 Å². The number of hydrogen-bond acceptors (Lipinski definition) is 14. The number of fused-ring (bicyclic) bond motifs is 4. The normalized spacial score (nSPS) is 39.6. The number of aliphatic imine (C=N–C) groups is 1. The molecule has 8 aliphatic rings. The van der Waals surface area contributed by atoms with Crippen molar-refractivity contribution in [1.82, 2.24) is 16.0 Å². The first-order chi connectivity index (χ1) is 30.9. The number of hydrogen-bond donors (Lipinski definition) is 8. The van der Waals surface area contributed by atoms with E-state index in [2.05, 4.69) is 39.6 Å². The molecular formula is C50H69N5O7S2.